The fraction of sp³-hybridized carbons (Fsp3) is 0.333. The summed E-state index contributed by atoms with van der Waals surface area (Å²) < 4.78 is 0. The zero-order valence-electron chi connectivity index (χ0n) is 12.1. The molecule has 0 aliphatic heterocycles. The quantitative estimate of drug-likeness (QED) is 0.783. The molecule has 3 atom stereocenters. The molecule has 0 amide bonds. The molecule has 0 radical (unpaired) electrons. The highest BCUT2D eigenvalue weighted by molar-refractivity contribution is 8.00. The van der Waals surface area contributed by atoms with Gasteiger partial charge in [-0.2, -0.15) is 5.26 Å². The first-order valence-corrected chi connectivity index (χ1v) is 8.21. The number of aromatic nitrogens is 1. The molecule has 3 rings (SSSR count). The van der Waals surface area contributed by atoms with E-state index in [9.17, 15) is 5.26 Å². The van der Waals surface area contributed by atoms with Crippen LogP contribution in [-0.4, -0.2) is 10.2 Å². The molecule has 0 bridgehead atoms. The number of pyridine rings is 1. The van der Waals surface area contributed by atoms with Crippen molar-refractivity contribution >= 4 is 11.8 Å². The van der Waals surface area contributed by atoms with Crippen molar-refractivity contribution in [2.24, 2.45) is 5.92 Å². The molecule has 1 aliphatic rings. The van der Waals surface area contributed by atoms with Crippen LogP contribution in [0, 0.1) is 17.2 Å². The highest BCUT2D eigenvalue weighted by Crippen LogP contribution is 2.42. The SMILES string of the molecule is C[C@@H]1Cc2ccccc2[C@H]1CC(C#N)Sc1ccccn1. The van der Waals surface area contributed by atoms with Gasteiger partial charge in [-0.3, -0.25) is 0 Å². The molecule has 1 heterocycles. The standard InChI is InChI=1S/C18H18N2S/c1-13-10-14-6-2-3-7-16(14)17(13)11-15(12-19)21-18-8-4-5-9-20-18/h2-9,13,15,17H,10-11H2,1H3/t13-,15?,17+/m1/s1. The molecule has 2 nitrogen and oxygen atoms in total. The Morgan fingerprint density at radius 1 is 1.29 bits per heavy atom. The number of fused-ring (bicyclic) bond motifs is 1. The van der Waals surface area contributed by atoms with E-state index >= 15 is 0 Å². The average molecular weight is 294 g/mol. The van der Waals surface area contributed by atoms with E-state index in [0.29, 0.717) is 11.8 Å². The van der Waals surface area contributed by atoms with E-state index in [1.165, 1.54) is 11.1 Å². The normalized spacial score (nSPS) is 21.5. The second-order valence-corrected chi connectivity index (χ2v) is 6.85. The van der Waals surface area contributed by atoms with Crippen molar-refractivity contribution in [2.45, 2.75) is 36.0 Å². The summed E-state index contributed by atoms with van der Waals surface area (Å²) in [6.07, 6.45) is 3.81. The lowest BCUT2D eigenvalue weighted by atomic mass is 9.90. The van der Waals surface area contributed by atoms with E-state index in [1.54, 1.807) is 18.0 Å². The third-order valence-electron chi connectivity index (χ3n) is 4.20. The Bertz CT molecular complexity index is 648. The maximum Gasteiger partial charge on any atom is 0.0984 e. The third-order valence-corrected chi connectivity index (χ3v) is 5.26. The number of rotatable bonds is 4. The monoisotopic (exact) mass is 294 g/mol. The molecule has 3 heteroatoms. The van der Waals surface area contributed by atoms with Crippen molar-refractivity contribution in [3.8, 4) is 6.07 Å². The van der Waals surface area contributed by atoms with Crippen LogP contribution in [0.5, 0.6) is 0 Å². The number of benzene rings is 1. The molecule has 21 heavy (non-hydrogen) atoms. The first-order chi connectivity index (χ1) is 10.3. The van der Waals surface area contributed by atoms with E-state index in [2.05, 4.69) is 42.2 Å². The van der Waals surface area contributed by atoms with Crippen LogP contribution >= 0.6 is 11.8 Å². The van der Waals surface area contributed by atoms with Gasteiger partial charge in [0.1, 0.15) is 0 Å². The largest absolute Gasteiger partial charge is 0.250 e. The molecule has 1 aromatic carbocycles. The van der Waals surface area contributed by atoms with Gasteiger partial charge >= 0.3 is 0 Å². The Kier molecular flexibility index (Phi) is 4.26. The maximum absolute atomic E-state index is 9.48. The first kappa shape index (κ1) is 14.2. The highest BCUT2D eigenvalue weighted by atomic mass is 32.2. The number of nitriles is 1. The van der Waals surface area contributed by atoms with Gasteiger partial charge in [0, 0.05) is 6.20 Å². The summed E-state index contributed by atoms with van der Waals surface area (Å²) in [7, 11) is 0. The lowest BCUT2D eigenvalue weighted by Gasteiger charge is -2.19. The molecule has 0 saturated carbocycles. The molecule has 1 unspecified atom stereocenters. The molecular weight excluding hydrogens is 276 g/mol. The molecule has 0 spiro atoms. The van der Waals surface area contributed by atoms with Crippen LogP contribution in [0.2, 0.25) is 0 Å². The van der Waals surface area contributed by atoms with Crippen molar-refractivity contribution in [2.75, 3.05) is 0 Å². The maximum atomic E-state index is 9.48. The molecule has 1 aromatic heterocycles. The Labute approximate surface area is 130 Å². The second kappa shape index (κ2) is 6.32. The molecule has 1 aliphatic carbocycles. The van der Waals surface area contributed by atoms with Crippen molar-refractivity contribution in [3.63, 3.8) is 0 Å². The number of thioether (sulfide) groups is 1. The molecule has 0 N–H and O–H groups in total. The van der Waals surface area contributed by atoms with Crippen molar-refractivity contribution in [1.82, 2.24) is 4.98 Å². The topological polar surface area (TPSA) is 36.7 Å². The van der Waals surface area contributed by atoms with Crippen molar-refractivity contribution in [3.05, 3.63) is 59.8 Å². The summed E-state index contributed by atoms with van der Waals surface area (Å²) in [5, 5.41) is 10.4. The number of hydrogen-bond acceptors (Lipinski definition) is 3. The van der Waals surface area contributed by atoms with Gasteiger partial charge in [-0.25, -0.2) is 4.98 Å². The van der Waals surface area contributed by atoms with Crippen molar-refractivity contribution < 1.29 is 0 Å². The summed E-state index contributed by atoms with van der Waals surface area (Å²) in [5.74, 6) is 1.10. The molecule has 2 aromatic rings. The predicted octanol–water partition coefficient (Wildman–Crippen LogP) is 4.43. The van der Waals surface area contributed by atoms with E-state index in [-0.39, 0.29) is 5.25 Å². The molecule has 0 saturated heterocycles. The molecule has 106 valence electrons. The van der Waals surface area contributed by atoms with Crippen LogP contribution in [-0.2, 0) is 6.42 Å². The Balaban J connectivity index is 1.74. The fourth-order valence-corrected chi connectivity index (χ4v) is 4.08. The van der Waals surface area contributed by atoms with Gasteiger partial charge in [-0.05, 0) is 47.9 Å². The average Bonchev–Trinajstić information content (AvgIpc) is 2.83. The zero-order chi connectivity index (χ0) is 14.7. The summed E-state index contributed by atoms with van der Waals surface area (Å²) in [6, 6.07) is 17.0. The van der Waals surface area contributed by atoms with Crippen LogP contribution in [0.1, 0.15) is 30.4 Å². The number of hydrogen-bond donors (Lipinski definition) is 0. The van der Waals surface area contributed by atoms with E-state index < -0.39 is 0 Å². The summed E-state index contributed by atoms with van der Waals surface area (Å²) in [4.78, 5) is 4.32. The van der Waals surface area contributed by atoms with Gasteiger partial charge in [-0.15, -0.1) is 0 Å². The van der Waals surface area contributed by atoms with E-state index in [4.69, 9.17) is 0 Å². The summed E-state index contributed by atoms with van der Waals surface area (Å²) >= 11 is 1.58. The van der Waals surface area contributed by atoms with Gasteiger partial charge in [0.25, 0.3) is 0 Å². The lowest BCUT2D eigenvalue weighted by Crippen LogP contribution is -2.11. The molecular formula is C18H18N2S. The summed E-state index contributed by atoms with van der Waals surface area (Å²) in [5.41, 5.74) is 2.89. The van der Waals surface area contributed by atoms with Gasteiger partial charge in [0.2, 0.25) is 0 Å². The van der Waals surface area contributed by atoms with E-state index in [0.717, 1.165) is 17.9 Å². The third kappa shape index (κ3) is 3.11. The molecule has 0 fully saturated rings. The van der Waals surface area contributed by atoms with Crippen LogP contribution in [0.15, 0.2) is 53.7 Å². The summed E-state index contributed by atoms with van der Waals surface area (Å²) in [6.45, 7) is 2.30. The fourth-order valence-electron chi connectivity index (χ4n) is 3.16. The minimum Gasteiger partial charge on any atom is -0.250 e. The predicted molar refractivity (Wildman–Crippen MR) is 86.2 cm³/mol. The van der Waals surface area contributed by atoms with Crippen LogP contribution in [0.4, 0.5) is 0 Å². The van der Waals surface area contributed by atoms with Crippen LogP contribution < -0.4 is 0 Å². The van der Waals surface area contributed by atoms with Crippen LogP contribution in [0.25, 0.3) is 0 Å². The highest BCUT2D eigenvalue weighted by Gasteiger charge is 2.31. The van der Waals surface area contributed by atoms with E-state index in [1.807, 2.05) is 18.2 Å². The minimum atomic E-state index is -0.0430. The van der Waals surface area contributed by atoms with Crippen LogP contribution in [0.3, 0.4) is 0 Å². The lowest BCUT2D eigenvalue weighted by molar-refractivity contribution is 0.478. The van der Waals surface area contributed by atoms with Gasteiger partial charge in [-0.1, -0.05) is 49.0 Å². The smallest absolute Gasteiger partial charge is 0.0984 e. The Hall–Kier alpha value is -1.79. The van der Waals surface area contributed by atoms with Gasteiger partial charge in [0.05, 0.1) is 16.3 Å². The van der Waals surface area contributed by atoms with Gasteiger partial charge < -0.3 is 0 Å². The van der Waals surface area contributed by atoms with Crippen molar-refractivity contribution in [1.29, 1.82) is 5.26 Å². The minimum absolute atomic E-state index is 0.0430. The first-order valence-electron chi connectivity index (χ1n) is 7.33. The Morgan fingerprint density at radius 3 is 2.86 bits per heavy atom. The Morgan fingerprint density at radius 2 is 2.10 bits per heavy atom. The van der Waals surface area contributed by atoms with Gasteiger partial charge in [0.15, 0.2) is 0 Å². The number of nitrogens with zero attached hydrogens (tertiary/aromatic N) is 2. The zero-order valence-corrected chi connectivity index (χ0v) is 12.9. The second-order valence-electron chi connectivity index (χ2n) is 5.63.